The largest absolute Gasteiger partial charge is 0.493 e. The number of rotatable bonds is 8. The van der Waals surface area contributed by atoms with Crippen LogP contribution in [0.1, 0.15) is 44.3 Å². The van der Waals surface area contributed by atoms with Crippen molar-refractivity contribution in [3.8, 4) is 5.75 Å². The Morgan fingerprint density at radius 1 is 1.03 bits per heavy atom. The minimum Gasteiger partial charge on any atom is -0.493 e. The van der Waals surface area contributed by atoms with Crippen molar-refractivity contribution >= 4 is 22.7 Å². The third-order valence-electron chi connectivity index (χ3n) is 8.77. The summed E-state index contributed by atoms with van der Waals surface area (Å²) < 4.78 is 26.3. The lowest BCUT2D eigenvalue weighted by Gasteiger charge is -2.51. The van der Waals surface area contributed by atoms with E-state index in [1.54, 1.807) is 17.8 Å². The third kappa shape index (κ3) is 6.20. The van der Waals surface area contributed by atoms with Crippen LogP contribution in [0.3, 0.4) is 0 Å². The number of aromatic amines is 1. The zero-order valence-corrected chi connectivity index (χ0v) is 22.9. The van der Waals surface area contributed by atoms with Crippen molar-refractivity contribution in [2.24, 2.45) is 5.92 Å². The van der Waals surface area contributed by atoms with Crippen molar-refractivity contribution in [2.75, 3.05) is 59.1 Å². The number of piperidine rings is 2. The molecule has 208 valence electrons. The summed E-state index contributed by atoms with van der Waals surface area (Å²) in [6.07, 6.45) is 6.78. The Kier molecular flexibility index (Phi) is 8.51. The van der Waals surface area contributed by atoms with Gasteiger partial charge in [0, 0.05) is 55.8 Å². The quantitative estimate of drug-likeness (QED) is 0.524. The van der Waals surface area contributed by atoms with Gasteiger partial charge in [0.2, 0.25) is 0 Å². The first-order valence-corrected chi connectivity index (χ1v) is 15.4. The van der Waals surface area contributed by atoms with Gasteiger partial charge in [-0.1, -0.05) is 0 Å². The van der Waals surface area contributed by atoms with Gasteiger partial charge in [0.25, 0.3) is 5.56 Å². The predicted octanol–water partition coefficient (Wildman–Crippen LogP) is 3.00. The molecule has 4 fully saturated rings. The number of thioether (sulfide) groups is 1. The van der Waals surface area contributed by atoms with E-state index in [0.29, 0.717) is 46.7 Å². The van der Waals surface area contributed by atoms with Gasteiger partial charge in [0.1, 0.15) is 22.8 Å². The fourth-order valence-electron chi connectivity index (χ4n) is 6.33. The van der Waals surface area contributed by atoms with E-state index in [4.69, 9.17) is 9.47 Å². The van der Waals surface area contributed by atoms with Gasteiger partial charge in [-0.05, 0) is 70.6 Å². The lowest BCUT2D eigenvalue weighted by molar-refractivity contribution is -0.0194. The third-order valence-corrected chi connectivity index (χ3v) is 10.2. The SMILES string of the molecule is O=c1[nH]c(CSC2CCOCC2)nc2cc(OCC3CCN(C4CN(C5CCNCC5)C4)CC3)cc(F)c12. The van der Waals surface area contributed by atoms with Gasteiger partial charge in [-0.15, -0.1) is 0 Å². The number of halogens is 1. The number of fused-ring (bicyclic) bond motifs is 1. The van der Waals surface area contributed by atoms with E-state index in [0.717, 1.165) is 71.1 Å². The van der Waals surface area contributed by atoms with Gasteiger partial charge >= 0.3 is 0 Å². The van der Waals surface area contributed by atoms with Crippen molar-refractivity contribution in [3.63, 3.8) is 0 Å². The highest BCUT2D eigenvalue weighted by molar-refractivity contribution is 7.99. The smallest absolute Gasteiger partial charge is 0.261 e. The van der Waals surface area contributed by atoms with E-state index in [2.05, 4.69) is 25.1 Å². The summed E-state index contributed by atoms with van der Waals surface area (Å²) in [6.45, 7) is 9.08. The first-order valence-electron chi connectivity index (χ1n) is 14.4. The fraction of sp³-hybridized carbons (Fsp3) is 0.714. The Hall–Kier alpha value is -1.72. The van der Waals surface area contributed by atoms with Crippen LogP contribution in [0.15, 0.2) is 16.9 Å². The highest BCUT2D eigenvalue weighted by Crippen LogP contribution is 2.29. The molecule has 4 aliphatic heterocycles. The topological polar surface area (TPSA) is 82.7 Å². The number of ether oxygens (including phenoxy) is 2. The number of nitrogens with one attached hydrogen (secondary N) is 2. The summed E-state index contributed by atoms with van der Waals surface area (Å²) in [5.74, 6) is 1.52. The summed E-state index contributed by atoms with van der Waals surface area (Å²) >= 11 is 1.77. The second-order valence-corrected chi connectivity index (χ2v) is 12.6. The molecule has 0 aliphatic carbocycles. The predicted molar refractivity (Wildman–Crippen MR) is 149 cm³/mol. The molecule has 0 atom stereocenters. The van der Waals surface area contributed by atoms with Crippen LogP contribution in [-0.4, -0.2) is 96.2 Å². The number of likely N-dealkylation sites (tertiary alicyclic amines) is 2. The zero-order chi connectivity index (χ0) is 25.9. The second-order valence-electron chi connectivity index (χ2n) is 11.3. The molecule has 0 spiro atoms. The number of H-pyrrole nitrogens is 1. The molecule has 0 saturated carbocycles. The van der Waals surface area contributed by atoms with E-state index < -0.39 is 11.4 Å². The van der Waals surface area contributed by atoms with Gasteiger partial charge in [-0.3, -0.25) is 14.6 Å². The summed E-state index contributed by atoms with van der Waals surface area (Å²) in [4.78, 5) is 25.3. The van der Waals surface area contributed by atoms with E-state index in [9.17, 15) is 9.18 Å². The van der Waals surface area contributed by atoms with E-state index in [-0.39, 0.29) is 5.39 Å². The van der Waals surface area contributed by atoms with Crippen LogP contribution in [-0.2, 0) is 10.5 Å². The summed E-state index contributed by atoms with van der Waals surface area (Å²) in [5.41, 5.74) is -0.0619. The molecule has 38 heavy (non-hydrogen) atoms. The standard InChI is InChI=1S/C28H40FN5O3S/c29-24-13-22(14-25-27(24)28(35)32-26(31-25)18-38-23-5-11-36-12-6-23)37-17-19-3-9-33(10-4-19)21-15-34(16-21)20-1-7-30-8-2-20/h13-14,19-21,23,30H,1-12,15-18H2,(H,31,32,35). The molecule has 6 rings (SSSR count). The minimum atomic E-state index is -0.576. The second kappa shape index (κ2) is 12.2. The number of benzene rings is 1. The van der Waals surface area contributed by atoms with Crippen LogP contribution < -0.4 is 15.6 Å². The monoisotopic (exact) mass is 545 g/mol. The van der Waals surface area contributed by atoms with E-state index >= 15 is 0 Å². The average molecular weight is 546 g/mol. The highest BCUT2D eigenvalue weighted by atomic mass is 32.2. The molecule has 4 saturated heterocycles. The lowest BCUT2D eigenvalue weighted by Crippen LogP contribution is -2.64. The highest BCUT2D eigenvalue weighted by Gasteiger charge is 2.37. The Bertz CT molecular complexity index is 1140. The Labute approximate surface area is 228 Å². The first-order chi connectivity index (χ1) is 18.6. The maximum absolute atomic E-state index is 14.9. The van der Waals surface area contributed by atoms with Crippen LogP contribution in [0.25, 0.3) is 10.9 Å². The molecule has 0 radical (unpaired) electrons. The molecule has 5 heterocycles. The van der Waals surface area contributed by atoms with Crippen LogP contribution in [0.2, 0.25) is 0 Å². The normalized spacial score (nSPS) is 23.6. The molecule has 8 nitrogen and oxygen atoms in total. The van der Waals surface area contributed by atoms with Gasteiger partial charge in [-0.2, -0.15) is 11.8 Å². The molecule has 0 bridgehead atoms. The maximum Gasteiger partial charge on any atom is 0.261 e. The Morgan fingerprint density at radius 3 is 2.55 bits per heavy atom. The van der Waals surface area contributed by atoms with Crippen molar-refractivity contribution in [1.82, 2.24) is 25.1 Å². The zero-order valence-electron chi connectivity index (χ0n) is 22.1. The van der Waals surface area contributed by atoms with E-state index in [1.165, 1.54) is 32.0 Å². The van der Waals surface area contributed by atoms with Gasteiger partial charge in [0.05, 0.1) is 17.9 Å². The molecule has 10 heteroatoms. The molecule has 4 aliphatic rings. The molecule has 2 N–H and O–H groups in total. The van der Waals surface area contributed by atoms with Crippen LogP contribution in [0.5, 0.6) is 5.75 Å². The number of hydrogen-bond acceptors (Lipinski definition) is 8. The molecule has 0 amide bonds. The number of aromatic nitrogens is 2. The number of hydrogen-bond donors (Lipinski definition) is 2. The van der Waals surface area contributed by atoms with Gasteiger partial charge < -0.3 is 19.8 Å². The molecular formula is C28H40FN5O3S. The lowest BCUT2D eigenvalue weighted by atomic mass is 9.93. The van der Waals surface area contributed by atoms with Crippen molar-refractivity contribution in [1.29, 1.82) is 0 Å². The molecular weight excluding hydrogens is 505 g/mol. The minimum absolute atomic E-state index is 0.00417. The van der Waals surface area contributed by atoms with Crippen LogP contribution in [0, 0.1) is 11.7 Å². The average Bonchev–Trinajstić information content (AvgIpc) is 2.91. The number of nitrogens with zero attached hydrogens (tertiary/aromatic N) is 3. The van der Waals surface area contributed by atoms with Crippen LogP contribution >= 0.6 is 11.8 Å². The fourth-order valence-corrected chi connectivity index (χ4v) is 7.38. The molecule has 0 unspecified atom stereocenters. The Morgan fingerprint density at radius 2 is 1.79 bits per heavy atom. The van der Waals surface area contributed by atoms with Gasteiger partial charge in [0.15, 0.2) is 0 Å². The summed E-state index contributed by atoms with van der Waals surface area (Å²) in [5, 5.41) is 3.97. The molecule has 1 aromatic carbocycles. The maximum atomic E-state index is 14.9. The summed E-state index contributed by atoms with van der Waals surface area (Å²) in [6, 6.07) is 4.51. The summed E-state index contributed by atoms with van der Waals surface area (Å²) in [7, 11) is 0. The first kappa shape index (κ1) is 26.5. The van der Waals surface area contributed by atoms with Crippen LogP contribution in [0.4, 0.5) is 4.39 Å². The van der Waals surface area contributed by atoms with Crippen molar-refractivity contribution < 1.29 is 13.9 Å². The van der Waals surface area contributed by atoms with Crippen molar-refractivity contribution in [3.05, 3.63) is 34.1 Å². The van der Waals surface area contributed by atoms with Crippen molar-refractivity contribution in [2.45, 2.75) is 61.6 Å². The molecule has 1 aromatic heterocycles. The van der Waals surface area contributed by atoms with E-state index in [1.807, 2.05) is 0 Å². The Balaban J connectivity index is 0.998. The molecule has 2 aromatic rings. The van der Waals surface area contributed by atoms with Gasteiger partial charge in [-0.25, -0.2) is 9.37 Å².